The number of nitrogens with zero attached hydrogens (tertiary/aromatic N) is 1. The van der Waals surface area contributed by atoms with Crippen molar-refractivity contribution in [3.8, 4) is 0 Å². The average Bonchev–Trinajstić information content (AvgIpc) is 2.75. The van der Waals surface area contributed by atoms with Crippen LogP contribution in [0.1, 0.15) is 17.0 Å². The van der Waals surface area contributed by atoms with Crippen LogP contribution < -0.4 is 5.32 Å². The summed E-state index contributed by atoms with van der Waals surface area (Å²) in [7, 11) is -3.61. The lowest BCUT2D eigenvalue weighted by atomic mass is 10.4. The van der Waals surface area contributed by atoms with Gasteiger partial charge in [-0.15, -0.1) is 11.3 Å². The lowest BCUT2D eigenvalue weighted by molar-refractivity contribution is -0.115. The molecule has 118 valence electrons. The van der Waals surface area contributed by atoms with E-state index in [9.17, 15) is 17.6 Å². The Labute approximate surface area is 132 Å². The molecule has 0 bridgehead atoms. The van der Waals surface area contributed by atoms with E-state index in [4.69, 9.17) is 0 Å². The van der Waals surface area contributed by atoms with E-state index in [0.29, 0.717) is 5.13 Å². The molecule has 2 aromatic rings. The number of carbonyl (C=O) groups is 1. The Morgan fingerprint density at radius 2 is 1.91 bits per heavy atom. The molecular formula is C14H15FN2O3S2. The first-order valence-electron chi connectivity index (χ1n) is 6.50. The highest BCUT2D eigenvalue weighted by atomic mass is 32.2. The summed E-state index contributed by atoms with van der Waals surface area (Å²) in [5, 5.41) is 3.04. The highest BCUT2D eigenvalue weighted by molar-refractivity contribution is 7.91. The molecule has 0 aliphatic heterocycles. The predicted molar refractivity (Wildman–Crippen MR) is 83.3 cm³/mol. The molecule has 2 rings (SSSR count). The molecule has 0 saturated heterocycles. The lowest BCUT2D eigenvalue weighted by Crippen LogP contribution is -2.17. The number of nitrogens with one attached hydrogen (secondary N) is 1. The van der Waals surface area contributed by atoms with Gasteiger partial charge in [0.15, 0.2) is 15.0 Å². The van der Waals surface area contributed by atoms with Gasteiger partial charge in [0.2, 0.25) is 5.91 Å². The first-order chi connectivity index (χ1) is 10.3. The summed E-state index contributed by atoms with van der Waals surface area (Å²) < 4.78 is 36.9. The Hall–Kier alpha value is -1.80. The number of halogens is 1. The zero-order chi connectivity index (χ0) is 16.3. The number of benzene rings is 1. The van der Waals surface area contributed by atoms with Crippen LogP contribution in [0.3, 0.4) is 0 Å². The van der Waals surface area contributed by atoms with E-state index in [0.717, 1.165) is 22.7 Å². The molecule has 0 aliphatic carbocycles. The predicted octanol–water partition coefficient (Wildman–Crippen LogP) is 2.70. The van der Waals surface area contributed by atoms with Gasteiger partial charge in [-0.05, 0) is 38.1 Å². The number of anilines is 1. The molecule has 0 unspecified atom stereocenters. The topological polar surface area (TPSA) is 76.1 Å². The van der Waals surface area contributed by atoms with Crippen LogP contribution in [0, 0.1) is 19.7 Å². The van der Waals surface area contributed by atoms with Gasteiger partial charge in [-0.3, -0.25) is 4.79 Å². The van der Waals surface area contributed by atoms with Crippen LogP contribution in [0.2, 0.25) is 0 Å². The summed E-state index contributed by atoms with van der Waals surface area (Å²) in [5.74, 6) is -1.26. The number of hydrogen-bond donors (Lipinski definition) is 1. The van der Waals surface area contributed by atoms with Crippen molar-refractivity contribution in [3.05, 3.63) is 40.7 Å². The minimum atomic E-state index is -3.61. The monoisotopic (exact) mass is 342 g/mol. The summed E-state index contributed by atoms with van der Waals surface area (Å²) in [6, 6.07) is 4.54. The van der Waals surface area contributed by atoms with Crippen molar-refractivity contribution in [2.45, 2.75) is 25.2 Å². The maximum Gasteiger partial charge on any atom is 0.227 e. The van der Waals surface area contributed by atoms with Crippen LogP contribution >= 0.6 is 11.3 Å². The van der Waals surface area contributed by atoms with Gasteiger partial charge in [0.1, 0.15) is 5.82 Å². The molecule has 0 fully saturated rings. The van der Waals surface area contributed by atoms with Crippen molar-refractivity contribution in [2.24, 2.45) is 0 Å². The van der Waals surface area contributed by atoms with Crippen molar-refractivity contribution in [1.82, 2.24) is 4.98 Å². The highest BCUT2D eigenvalue weighted by Gasteiger charge is 2.17. The molecule has 5 nitrogen and oxygen atoms in total. The molecule has 1 aromatic carbocycles. The fraction of sp³-hybridized carbons (Fsp3) is 0.286. The first-order valence-corrected chi connectivity index (χ1v) is 8.97. The number of amides is 1. The molecular weight excluding hydrogens is 327 g/mol. The minimum absolute atomic E-state index is 0.00244. The molecule has 1 amide bonds. The molecule has 1 aromatic heterocycles. The second kappa shape index (κ2) is 6.53. The van der Waals surface area contributed by atoms with Crippen LogP contribution in [-0.2, 0) is 14.6 Å². The maximum absolute atomic E-state index is 12.8. The van der Waals surface area contributed by atoms with E-state index in [1.165, 1.54) is 23.5 Å². The molecule has 1 heterocycles. The lowest BCUT2D eigenvalue weighted by Gasteiger charge is -2.04. The summed E-state index contributed by atoms with van der Waals surface area (Å²) >= 11 is 1.34. The molecule has 8 heteroatoms. The van der Waals surface area contributed by atoms with E-state index < -0.39 is 21.6 Å². The standard InChI is InChI=1S/C14H15FN2O3S2/c1-9-10(2)21-14(16-9)17-13(18)7-8-22(19,20)12-5-3-11(15)4-6-12/h3-6H,7-8H2,1-2H3,(H,16,17,18). The van der Waals surface area contributed by atoms with Crippen LogP contribution in [0.5, 0.6) is 0 Å². The van der Waals surface area contributed by atoms with E-state index >= 15 is 0 Å². The SMILES string of the molecule is Cc1nc(NC(=O)CCS(=O)(=O)c2ccc(F)cc2)sc1C. The van der Waals surface area contributed by atoms with E-state index in [1.54, 1.807) is 0 Å². The quantitative estimate of drug-likeness (QED) is 0.848. The van der Waals surface area contributed by atoms with Gasteiger partial charge in [0.05, 0.1) is 16.3 Å². The molecule has 1 N–H and O–H groups in total. The smallest absolute Gasteiger partial charge is 0.227 e. The van der Waals surface area contributed by atoms with Crippen molar-refractivity contribution in [3.63, 3.8) is 0 Å². The minimum Gasteiger partial charge on any atom is -0.302 e. The normalized spacial score (nSPS) is 11.4. The van der Waals surface area contributed by atoms with Crippen LogP contribution in [-0.4, -0.2) is 25.1 Å². The second-order valence-corrected chi connectivity index (χ2v) is 8.04. The van der Waals surface area contributed by atoms with Crippen LogP contribution in [0.4, 0.5) is 9.52 Å². The van der Waals surface area contributed by atoms with Crippen molar-refractivity contribution < 1.29 is 17.6 Å². The third kappa shape index (κ3) is 4.11. The number of carbonyl (C=O) groups excluding carboxylic acids is 1. The zero-order valence-corrected chi connectivity index (χ0v) is 13.7. The summed E-state index contributed by atoms with van der Waals surface area (Å²) in [6.07, 6.45) is -0.183. The Bertz CT molecular complexity index is 763. The fourth-order valence-electron chi connectivity index (χ4n) is 1.69. The van der Waals surface area contributed by atoms with Crippen molar-refractivity contribution in [1.29, 1.82) is 0 Å². The second-order valence-electron chi connectivity index (χ2n) is 4.73. The number of aromatic nitrogens is 1. The van der Waals surface area contributed by atoms with Gasteiger partial charge in [0.25, 0.3) is 0 Å². The van der Waals surface area contributed by atoms with Gasteiger partial charge in [-0.2, -0.15) is 0 Å². The molecule has 0 spiro atoms. The van der Waals surface area contributed by atoms with Gasteiger partial charge in [0, 0.05) is 11.3 Å². The highest BCUT2D eigenvalue weighted by Crippen LogP contribution is 2.21. The van der Waals surface area contributed by atoms with E-state index in [1.807, 2.05) is 13.8 Å². The van der Waals surface area contributed by atoms with Crippen molar-refractivity contribution >= 4 is 32.2 Å². The Morgan fingerprint density at radius 3 is 2.45 bits per heavy atom. The van der Waals surface area contributed by atoms with Crippen LogP contribution in [0.25, 0.3) is 0 Å². The first kappa shape index (κ1) is 16.6. The van der Waals surface area contributed by atoms with E-state index in [2.05, 4.69) is 10.3 Å². The largest absolute Gasteiger partial charge is 0.302 e. The summed E-state index contributed by atoms with van der Waals surface area (Å²) in [4.78, 5) is 17.0. The number of rotatable bonds is 5. The molecule has 0 radical (unpaired) electrons. The van der Waals surface area contributed by atoms with Gasteiger partial charge in [-0.1, -0.05) is 0 Å². The fourth-order valence-corrected chi connectivity index (χ4v) is 3.77. The summed E-state index contributed by atoms with van der Waals surface area (Å²) in [5.41, 5.74) is 0.833. The molecule has 0 saturated carbocycles. The van der Waals surface area contributed by atoms with Crippen molar-refractivity contribution in [2.75, 3.05) is 11.1 Å². The van der Waals surface area contributed by atoms with Crippen LogP contribution in [0.15, 0.2) is 29.2 Å². The third-order valence-electron chi connectivity index (χ3n) is 3.05. The summed E-state index contributed by atoms with van der Waals surface area (Å²) in [6.45, 7) is 3.72. The maximum atomic E-state index is 12.8. The molecule has 22 heavy (non-hydrogen) atoms. The molecule has 0 atom stereocenters. The van der Waals surface area contributed by atoms with Gasteiger partial charge < -0.3 is 5.32 Å². The van der Waals surface area contributed by atoms with Gasteiger partial charge in [-0.25, -0.2) is 17.8 Å². The number of sulfone groups is 1. The number of hydrogen-bond acceptors (Lipinski definition) is 5. The third-order valence-corrected chi connectivity index (χ3v) is 5.77. The molecule has 0 aliphatic rings. The average molecular weight is 342 g/mol. The Morgan fingerprint density at radius 1 is 1.27 bits per heavy atom. The number of aryl methyl sites for hydroxylation is 2. The Balaban J connectivity index is 1.96. The van der Waals surface area contributed by atoms with Gasteiger partial charge >= 0.3 is 0 Å². The Kier molecular flexibility index (Phi) is 4.92. The zero-order valence-electron chi connectivity index (χ0n) is 12.1. The van der Waals surface area contributed by atoms with E-state index in [-0.39, 0.29) is 17.1 Å². The number of thiazole rings is 1.